The van der Waals surface area contributed by atoms with Crippen molar-refractivity contribution in [2.75, 3.05) is 39.3 Å². The van der Waals surface area contributed by atoms with E-state index in [1.807, 2.05) is 11.0 Å². The van der Waals surface area contributed by atoms with Crippen LogP contribution in [-0.2, 0) is 14.8 Å². The minimum Gasteiger partial charge on any atom is -0.373 e. The quantitative estimate of drug-likeness (QED) is 0.639. The van der Waals surface area contributed by atoms with Crippen LogP contribution < -0.4 is 4.72 Å². The fraction of sp³-hybridized carbons (Fsp3) is 0.636. The molecule has 0 radical (unpaired) electrons. The third-order valence-electron chi connectivity index (χ3n) is 5.85. The van der Waals surface area contributed by atoms with Crippen molar-refractivity contribution in [3.63, 3.8) is 0 Å². The summed E-state index contributed by atoms with van der Waals surface area (Å²) in [6.07, 6.45) is 2.58. The molecule has 1 amide bonds. The first-order chi connectivity index (χ1) is 14.8. The highest BCUT2D eigenvalue weighted by Crippen LogP contribution is 2.22. The van der Waals surface area contributed by atoms with Crippen molar-refractivity contribution in [1.29, 1.82) is 5.26 Å². The summed E-state index contributed by atoms with van der Waals surface area (Å²) in [5.74, 6) is 0.516. The predicted octanol–water partition coefficient (Wildman–Crippen LogP) is 1.84. The van der Waals surface area contributed by atoms with E-state index in [1.165, 1.54) is 12.1 Å². The van der Waals surface area contributed by atoms with E-state index < -0.39 is 10.0 Å². The smallest absolute Gasteiger partial charge is 0.253 e. The van der Waals surface area contributed by atoms with Crippen LogP contribution in [0.3, 0.4) is 0 Å². The average Bonchev–Trinajstić information content (AvgIpc) is 2.73. The van der Waals surface area contributed by atoms with Crippen LogP contribution in [0.15, 0.2) is 29.2 Å². The van der Waals surface area contributed by atoms with Crippen molar-refractivity contribution in [2.24, 2.45) is 5.92 Å². The molecule has 2 aliphatic rings. The number of ether oxygens (including phenoxy) is 1. The summed E-state index contributed by atoms with van der Waals surface area (Å²) in [6, 6.07) is 7.89. The molecule has 0 spiro atoms. The standard InChI is InChI=1S/C22H32N4O4S/c1-17-14-25(15-18(2)30-17)16-19-8-12-26(13-9-19)22(27)20-4-6-21(7-5-20)31(28,29)24-11-3-10-23/h4-7,17-19,24H,3,8-9,11-16H2,1-2H3. The van der Waals surface area contributed by atoms with Gasteiger partial charge < -0.3 is 9.64 Å². The van der Waals surface area contributed by atoms with Gasteiger partial charge in [0.1, 0.15) is 0 Å². The number of nitrogens with zero attached hydrogens (tertiary/aromatic N) is 3. The summed E-state index contributed by atoms with van der Waals surface area (Å²) in [5, 5.41) is 8.54. The van der Waals surface area contributed by atoms with Gasteiger partial charge in [-0.05, 0) is 56.9 Å². The molecule has 1 aromatic rings. The molecule has 2 saturated heterocycles. The van der Waals surface area contributed by atoms with Gasteiger partial charge in [0.05, 0.1) is 23.2 Å². The van der Waals surface area contributed by atoms with E-state index in [4.69, 9.17) is 10.00 Å². The lowest BCUT2D eigenvalue weighted by molar-refractivity contribution is -0.0728. The molecular formula is C22H32N4O4S. The number of carbonyl (C=O) groups excluding carboxylic acids is 1. The fourth-order valence-electron chi connectivity index (χ4n) is 4.40. The molecule has 0 saturated carbocycles. The summed E-state index contributed by atoms with van der Waals surface area (Å²) in [5.41, 5.74) is 0.491. The summed E-state index contributed by atoms with van der Waals surface area (Å²) in [7, 11) is -3.67. The van der Waals surface area contributed by atoms with Gasteiger partial charge in [-0.15, -0.1) is 0 Å². The molecular weight excluding hydrogens is 416 g/mol. The second kappa shape index (κ2) is 10.6. The van der Waals surface area contributed by atoms with Gasteiger partial charge in [0.15, 0.2) is 0 Å². The van der Waals surface area contributed by atoms with E-state index in [-0.39, 0.29) is 36.0 Å². The zero-order valence-corrected chi connectivity index (χ0v) is 19.1. The van der Waals surface area contributed by atoms with Crippen molar-refractivity contribution in [2.45, 2.75) is 50.2 Å². The molecule has 1 N–H and O–H groups in total. The Labute approximate surface area is 185 Å². The second-order valence-electron chi connectivity index (χ2n) is 8.54. The minimum atomic E-state index is -3.67. The summed E-state index contributed by atoms with van der Waals surface area (Å²) < 4.78 is 32.6. The summed E-state index contributed by atoms with van der Waals surface area (Å²) in [4.78, 5) is 17.3. The topological polar surface area (TPSA) is 103 Å². The molecule has 9 heteroatoms. The van der Waals surface area contributed by atoms with E-state index in [0.29, 0.717) is 24.6 Å². The Balaban J connectivity index is 1.51. The average molecular weight is 449 g/mol. The molecule has 2 heterocycles. The zero-order chi connectivity index (χ0) is 22.4. The van der Waals surface area contributed by atoms with Crippen molar-refractivity contribution in [1.82, 2.24) is 14.5 Å². The number of carbonyl (C=O) groups is 1. The van der Waals surface area contributed by atoms with Crippen LogP contribution in [0.1, 0.15) is 43.5 Å². The van der Waals surface area contributed by atoms with Crippen LogP contribution in [0.5, 0.6) is 0 Å². The number of morpholine rings is 1. The first-order valence-electron chi connectivity index (χ1n) is 10.9. The number of nitrogens with one attached hydrogen (secondary N) is 1. The van der Waals surface area contributed by atoms with E-state index in [2.05, 4.69) is 23.5 Å². The molecule has 31 heavy (non-hydrogen) atoms. The molecule has 2 fully saturated rings. The molecule has 2 aliphatic heterocycles. The number of piperidine rings is 1. The Morgan fingerprint density at radius 3 is 2.35 bits per heavy atom. The van der Waals surface area contributed by atoms with Crippen molar-refractivity contribution < 1.29 is 17.9 Å². The van der Waals surface area contributed by atoms with Gasteiger partial charge >= 0.3 is 0 Å². The molecule has 2 unspecified atom stereocenters. The van der Waals surface area contributed by atoms with Gasteiger partial charge in [-0.25, -0.2) is 13.1 Å². The number of amides is 1. The van der Waals surface area contributed by atoms with Crippen LogP contribution in [0.25, 0.3) is 0 Å². The summed E-state index contributed by atoms with van der Waals surface area (Å²) >= 11 is 0. The number of nitriles is 1. The highest BCUT2D eigenvalue weighted by Gasteiger charge is 2.28. The minimum absolute atomic E-state index is 0.0616. The van der Waals surface area contributed by atoms with E-state index in [9.17, 15) is 13.2 Å². The zero-order valence-electron chi connectivity index (χ0n) is 18.3. The Morgan fingerprint density at radius 1 is 1.16 bits per heavy atom. The fourth-order valence-corrected chi connectivity index (χ4v) is 5.43. The van der Waals surface area contributed by atoms with Gasteiger partial charge in [0, 0.05) is 51.3 Å². The lowest BCUT2D eigenvalue weighted by Gasteiger charge is -2.39. The number of likely N-dealkylation sites (tertiary alicyclic amines) is 1. The first kappa shape index (κ1) is 23.7. The normalized spacial score (nSPS) is 23.5. The van der Waals surface area contributed by atoms with Crippen molar-refractivity contribution in [3.05, 3.63) is 29.8 Å². The Morgan fingerprint density at radius 2 is 1.77 bits per heavy atom. The van der Waals surface area contributed by atoms with Gasteiger partial charge in [-0.2, -0.15) is 5.26 Å². The maximum atomic E-state index is 12.9. The highest BCUT2D eigenvalue weighted by atomic mass is 32.2. The third-order valence-corrected chi connectivity index (χ3v) is 7.33. The largest absolute Gasteiger partial charge is 0.373 e. The number of rotatable bonds is 7. The maximum Gasteiger partial charge on any atom is 0.253 e. The molecule has 0 aromatic heterocycles. The summed E-state index contributed by atoms with van der Waals surface area (Å²) in [6.45, 7) is 8.70. The van der Waals surface area contributed by atoms with Gasteiger partial charge in [0.2, 0.25) is 10.0 Å². The van der Waals surface area contributed by atoms with Crippen LogP contribution >= 0.6 is 0 Å². The predicted molar refractivity (Wildman–Crippen MR) is 117 cm³/mol. The molecule has 170 valence electrons. The molecule has 1 aromatic carbocycles. The van der Waals surface area contributed by atoms with E-state index >= 15 is 0 Å². The lowest BCUT2D eigenvalue weighted by atomic mass is 9.95. The van der Waals surface area contributed by atoms with Crippen LogP contribution in [-0.4, -0.2) is 75.6 Å². The third kappa shape index (κ3) is 6.50. The molecule has 3 rings (SSSR count). The molecule has 2 atom stereocenters. The maximum absolute atomic E-state index is 12.9. The van der Waals surface area contributed by atoms with E-state index in [0.717, 1.165) is 32.5 Å². The highest BCUT2D eigenvalue weighted by molar-refractivity contribution is 7.89. The number of hydrogen-bond donors (Lipinski definition) is 1. The number of benzene rings is 1. The first-order valence-corrected chi connectivity index (χ1v) is 12.4. The van der Waals surface area contributed by atoms with Gasteiger partial charge in [-0.1, -0.05) is 0 Å². The Bertz CT molecular complexity index is 879. The number of hydrogen-bond acceptors (Lipinski definition) is 6. The second-order valence-corrected chi connectivity index (χ2v) is 10.3. The van der Waals surface area contributed by atoms with Crippen molar-refractivity contribution >= 4 is 15.9 Å². The van der Waals surface area contributed by atoms with Crippen molar-refractivity contribution in [3.8, 4) is 6.07 Å². The molecule has 8 nitrogen and oxygen atoms in total. The van der Waals surface area contributed by atoms with Crippen LogP contribution in [0.2, 0.25) is 0 Å². The lowest BCUT2D eigenvalue weighted by Crippen LogP contribution is -2.48. The Hall–Kier alpha value is -1.99. The van der Waals surface area contributed by atoms with Crippen LogP contribution in [0, 0.1) is 17.2 Å². The Kier molecular flexibility index (Phi) is 8.06. The monoisotopic (exact) mass is 448 g/mol. The van der Waals surface area contributed by atoms with Crippen LogP contribution in [0.4, 0.5) is 0 Å². The van der Waals surface area contributed by atoms with Gasteiger partial charge in [-0.3, -0.25) is 9.69 Å². The molecule has 0 aliphatic carbocycles. The number of sulfonamides is 1. The molecule has 0 bridgehead atoms. The van der Waals surface area contributed by atoms with Gasteiger partial charge in [0.25, 0.3) is 5.91 Å². The van der Waals surface area contributed by atoms with E-state index in [1.54, 1.807) is 12.1 Å². The SMILES string of the molecule is CC1CN(CC2CCN(C(=O)c3ccc(S(=O)(=O)NCCC#N)cc3)CC2)CC(C)O1.